The molecule has 10 heteroatoms. The molecular formula is C31H31F3N6O. The average Bonchev–Trinajstić information content (AvgIpc) is 3.39. The predicted octanol–water partition coefficient (Wildman–Crippen LogP) is 5.33. The lowest BCUT2D eigenvalue weighted by atomic mass is 10.0. The van der Waals surface area contributed by atoms with Gasteiger partial charge in [0.05, 0.1) is 5.56 Å². The highest BCUT2D eigenvalue weighted by molar-refractivity contribution is 6.04. The third-order valence-electron chi connectivity index (χ3n) is 7.24. The molecule has 0 aliphatic carbocycles. The van der Waals surface area contributed by atoms with Crippen molar-refractivity contribution >= 4 is 22.8 Å². The van der Waals surface area contributed by atoms with Crippen LogP contribution in [-0.2, 0) is 19.1 Å². The second-order valence-corrected chi connectivity index (χ2v) is 10.0. The number of pyridine rings is 2. The largest absolute Gasteiger partial charge is 0.416 e. The number of alkyl halides is 3. The number of nitrogens with zero attached hydrogens (tertiary/aromatic N) is 4. The maximum absolute atomic E-state index is 14.0. The van der Waals surface area contributed by atoms with Crippen LogP contribution in [0.3, 0.4) is 0 Å². The number of H-pyrrole nitrogens is 1. The summed E-state index contributed by atoms with van der Waals surface area (Å²) >= 11 is 0. The van der Waals surface area contributed by atoms with Crippen LogP contribution in [0.1, 0.15) is 52.2 Å². The highest BCUT2D eigenvalue weighted by Crippen LogP contribution is 2.33. The van der Waals surface area contributed by atoms with E-state index in [1.807, 2.05) is 17.0 Å². The van der Waals surface area contributed by atoms with Crippen LogP contribution in [0, 0.1) is 11.8 Å². The van der Waals surface area contributed by atoms with Crippen LogP contribution in [0.5, 0.6) is 0 Å². The fourth-order valence-corrected chi connectivity index (χ4v) is 4.86. The first-order valence-corrected chi connectivity index (χ1v) is 13.6. The summed E-state index contributed by atoms with van der Waals surface area (Å²) in [5, 5.41) is 3.58. The number of aryl methyl sites for hydroxylation is 1. The molecule has 5 rings (SSSR count). The fraction of sp³-hybridized carbons (Fsp3) is 0.323. The first kappa shape index (κ1) is 28.3. The molecular weight excluding hydrogens is 529 g/mol. The number of anilines is 1. The summed E-state index contributed by atoms with van der Waals surface area (Å²) in [6.07, 6.45) is -0.534. The lowest BCUT2D eigenvalue weighted by molar-refractivity contribution is -0.138. The molecule has 1 aliphatic rings. The molecule has 0 unspecified atom stereocenters. The Hall–Kier alpha value is -4.20. The Kier molecular flexibility index (Phi) is 8.38. The summed E-state index contributed by atoms with van der Waals surface area (Å²) in [7, 11) is 0. The van der Waals surface area contributed by atoms with E-state index >= 15 is 0 Å². The molecule has 1 fully saturated rings. The molecule has 4 heterocycles. The van der Waals surface area contributed by atoms with E-state index in [0.717, 1.165) is 54.4 Å². The number of hydrogen-bond acceptors (Lipinski definition) is 5. The molecule has 1 saturated heterocycles. The van der Waals surface area contributed by atoms with E-state index in [0.29, 0.717) is 18.7 Å². The molecule has 41 heavy (non-hydrogen) atoms. The van der Waals surface area contributed by atoms with Crippen molar-refractivity contribution in [2.24, 2.45) is 0 Å². The minimum atomic E-state index is -4.58. The molecule has 3 aromatic heterocycles. The monoisotopic (exact) mass is 560 g/mol. The van der Waals surface area contributed by atoms with Gasteiger partial charge in [-0.05, 0) is 54.9 Å². The Labute approximate surface area is 236 Å². The second kappa shape index (κ2) is 12.1. The van der Waals surface area contributed by atoms with E-state index in [1.165, 1.54) is 18.3 Å². The van der Waals surface area contributed by atoms with E-state index < -0.39 is 17.6 Å². The third-order valence-corrected chi connectivity index (χ3v) is 7.24. The zero-order valence-electron chi connectivity index (χ0n) is 23.0. The zero-order chi connectivity index (χ0) is 29.0. The lowest BCUT2D eigenvalue weighted by Gasteiger charge is -2.34. The second-order valence-electron chi connectivity index (χ2n) is 10.0. The average molecular weight is 561 g/mol. The molecule has 0 radical (unpaired) electrons. The van der Waals surface area contributed by atoms with Crippen molar-refractivity contribution in [2.75, 3.05) is 38.0 Å². The van der Waals surface area contributed by atoms with Gasteiger partial charge < -0.3 is 15.2 Å². The number of halogens is 3. The minimum absolute atomic E-state index is 0.0903. The summed E-state index contributed by atoms with van der Waals surface area (Å²) in [6, 6.07) is 11.0. The van der Waals surface area contributed by atoms with Crippen LogP contribution in [0.25, 0.3) is 11.0 Å². The SMILES string of the molecule is CCc1cc2cc(C#Cc3ccnc(NC(=O)c4ccc(CN5CCN(CC)CC5)c(C(F)(F)F)c4)c3)cnc2[nH]1. The highest BCUT2D eigenvalue weighted by atomic mass is 19.4. The van der Waals surface area contributed by atoms with Gasteiger partial charge in [-0.3, -0.25) is 9.69 Å². The van der Waals surface area contributed by atoms with Gasteiger partial charge in [-0.1, -0.05) is 31.8 Å². The smallest absolute Gasteiger partial charge is 0.343 e. The van der Waals surface area contributed by atoms with E-state index in [1.54, 1.807) is 18.3 Å². The van der Waals surface area contributed by atoms with Gasteiger partial charge in [0.15, 0.2) is 0 Å². The van der Waals surface area contributed by atoms with Gasteiger partial charge >= 0.3 is 6.18 Å². The zero-order valence-corrected chi connectivity index (χ0v) is 23.0. The van der Waals surface area contributed by atoms with Gasteiger partial charge in [-0.15, -0.1) is 0 Å². The number of hydrogen-bond donors (Lipinski definition) is 2. The minimum Gasteiger partial charge on any atom is -0.343 e. The van der Waals surface area contributed by atoms with Crippen molar-refractivity contribution in [1.29, 1.82) is 0 Å². The van der Waals surface area contributed by atoms with E-state index in [2.05, 4.69) is 50.9 Å². The molecule has 4 aromatic rings. The number of benzene rings is 1. The summed E-state index contributed by atoms with van der Waals surface area (Å²) in [5.74, 6) is 5.62. The number of nitrogens with one attached hydrogen (secondary N) is 2. The number of aromatic nitrogens is 3. The molecule has 1 amide bonds. The number of carbonyl (C=O) groups excluding carboxylic acids is 1. The van der Waals surface area contributed by atoms with Crippen LogP contribution in [0.4, 0.5) is 19.0 Å². The Morgan fingerprint density at radius 3 is 2.46 bits per heavy atom. The first-order chi connectivity index (χ1) is 19.7. The third kappa shape index (κ3) is 6.93. The normalized spacial score (nSPS) is 14.6. The first-order valence-electron chi connectivity index (χ1n) is 13.6. The van der Waals surface area contributed by atoms with Crippen LogP contribution in [-0.4, -0.2) is 63.4 Å². The van der Waals surface area contributed by atoms with E-state index in [-0.39, 0.29) is 23.5 Å². The van der Waals surface area contributed by atoms with Gasteiger partial charge in [-0.2, -0.15) is 13.2 Å². The van der Waals surface area contributed by atoms with Crippen molar-refractivity contribution in [3.05, 3.63) is 88.4 Å². The number of aromatic amines is 1. The molecule has 0 spiro atoms. The Balaban J connectivity index is 1.29. The van der Waals surface area contributed by atoms with E-state index in [9.17, 15) is 18.0 Å². The Bertz CT molecular complexity index is 1610. The van der Waals surface area contributed by atoms with Crippen molar-refractivity contribution in [1.82, 2.24) is 24.8 Å². The number of amides is 1. The highest BCUT2D eigenvalue weighted by Gasteiger charge is 2.34. The van der Waals surface area contributed by atoms with Crippen LogP contribution >= 0.6 is 0 Å². The van der Waals surface area contributed by atoms with Crippen molar-refractivity contribution in [3.63, 3.8) is 0 Å². The summed E-state index contributed by atoms with van der Waals surface area (Å²) in [5.41, 5.74) is 2.49. The molecule has 1 aromatic carbocycles. The number of fused-ring (bicyclic) bond motifs is 1. The lowest BCUT2D eigenvalue weighted by Crippen LogP contribution is -2.45. The quantitative estimate of drug-likeness (QED) is 0.312. The van der Waals surface area contributed by atoms with Crippen molar-refractivity contribution < 1.29 is 18.0 Å². The molecule has 0 saturated carbocycles. The molecule has 212 valence electrons. The molecule has 7 nitrogen and oxygen atoms in total. The Morgan fingerprint density at radius 2 is 1.73 bits per heavy atom. The van der Waals surface area contributed by atoms with Gasteiger partial charge in [0.2, 0.25) is 0 Å². The van der Waals surface area contributed by atoms with Gasteiger partial charge in [0, 0.05) is 72.9 Å². The predicted molar refractivity (Wildman–Crippen MR) is 152 cm³/mol. The number of piperazine rings is 1. The van der Waals surface area contributed by atoms with Crippen molar-refractivity contribution in [3.8, 4) is 11.8 Å². The Morgan fingerprint density at radius 1 is 0.976 bits per heavy atom. The van der Waals surface area contributed by atoms with Crippen molar-refractivity contribution in [2.45, 2.75) is 33.0 Å². The van der Waals surface area contributed by atoms with Crippen LogP contribution in [0.2, 0.25) is 0 Å². The fourth-order valence-electron chi connectivity index (χ4n) is 4.86. The van der Waals surface area contributed by atoms with E-state index in [4.69, 9.17) is 0 Å². The van der Waals surface area contributed by atoms with Gasteiger partial charge in [-0.25, -0.2) is 9.97 Å². The van der Waals surface area contributed by atoms with Crippen LogP contribution < -0.4 is 5.32 Å². The van der Waals surface area contributed by atoms with Gasteiger partial charge in [0.25, 0.3) is 5.91 Å². The number of rotatable bonds is 6. The molecule has 0 atom stereocenters. The standard InChI is InChI=1S/C31H31F3N6O/c1-3-26-17-25-15-22(19-36-29(25)37-26)6-5-21-9-10-35-28(16-21)38-30(41)23-7-8-24(27(18-23)31(32,33)34)20-40-13-11-39(4-2)12-14-40/h7-10,15-19H,3-4,11-14,20H2,1-2H3,(H,36,37)(H,35,38,41). The topological polar surface area (TPSA) is 77.2 Å². The summed E-state index contributed by atoms with van der Waals surface area (Å²) < 4.78 is 41.9. The number of carbonyl (C=O) groups is 1. The van der Waals surface area contributed by atoms with Crippen LogP contribution in [0.15, 0.2) is 54.9 Å². The maximum atomic E-state index is 14.0. The molecule has 1 aliphatic heterocycles. The maximum Gasteiger partial charge on any atom is 0.416 e. The summed E-state index contributed by atoms with van der Waals surface area (Å²) in [6.45, 7) is 8.31. The van der Waals surface area contributed by atoms with Gasteiger partial charge in [0.1, 0.15) is 11.5 Å². The molecule has 2 N–H and O–H groups in total. The molecule has 0 bridgehead atoms. The number of likely N-dealkylation sites (N-methyl/N-ethyl adjacent to an activating group) is 1. The summed E-state index contributed by atoms with van der Waals surface area (Å²) in [4.78, 5) is 29.0.